The summed E-state index contributed by atoms with van der Waals surface area (Å²) in [5.41, 5.74) is 10.8. The molecular weight excluding hydrogens is 188 g/mol. The highest BCUT2D eigenvalue weighted by Crippen LogP contribution is 1.94. The van der Waals surface area contributed by atoms with E-state index in [1.54, 1.807) is 13.8 Å². The third-order valence-corrected chi connectivity index (χ3v) is 1.50. The summed E-state index contributed by atoms with van der Waals surface area (Å²) in [5, 5.41) is 0. The van der Waals surface area contributed by atoms with Gasteiger partial charge in [-0.1, -0.05) is 0 Å². The fraction of sp³-hybridized carbons (Fsp3) is 0.750. The van der Waals surface area contributed by atoms with Crippen molar-refractivity contribution in [1.82, 2.24) is 0 Å². The Labute approximate surface area is 82.5 Å². The Morgan fingerprint density at radius 3 is 1.50 bits per heavy atom. The average molecular weight is 204 g/mol. The molecule has 0 aromatic carbocycles. The number of nitrogens with two attached hydrogens (primary N) is 2. The molecule has 82 valence electrons. The number of hydrogen-bond donors (Lipinski definition) is 2. The van der Waals surface area contributed by atoms with Crippen LogP contribution in [-0.2, 0) is 19.1 Å². The number of carbonyl (C=O) groups excluding carboxylic acids is 2. The van der Waals surface area contributed by atoms with Crippen LogP contribution in [0.25, 0.3) is 0 Å². The summed E-state index contributed by atoms with van der Waals surface area (Å²) in [6.45, 7) is 3.67. The van der Waals surface area contributed by atoms with E-state index in [4.69, 9.17) is 11.5 Å². The van der Waals surface area contributed by atoms with E-state index in [9.17, 15) is 9.59 Å². The summed E-state index contributed by atoms with van der Waals surface area (Å²) in [7, 11) is 0. The fourth-order valence-corrected chi connectivity index (χ4v) is 0.770. The molecule has 6 heteroatoms. The molecule has 6 nitrogen and oxygen atoms in total. The molecule has 0 aliphatic carbocycles. The second-order valence-electron chi connectivity index (χ2n) is 2.56. The van der Waals surface area contributed by atoms with Gasteiger partial charge in [-0.25, -0.2) is 0 Å². The van der Waals surface area contributed by atoms with Crippen molar-refractivity contribution in [3.63, 3.8) is 0 Å². The lowest BCUT2D eigenvalue weighted by Gasteiger charge is -2.16. The Kier molecular flexibility index (Phi) is 5.82. The Morgan fingerprint density at radius 2 is 1.29 bits per heavy atom. The zero-order valence-electron chi connectivity index (χ0n) is 8.36. The zero-order valence-corrected chi connectivity index (χ0v) is 8.36. The molecule has 4 N–H and O–H groups in total. The lowest BCUT2D eigenvalue weighted by molar-refractivity contribution is -0.152. The van der Waals surface area contributed by atoms with Crippen LogP contribution in [0.2, 0.25) is 0 Å². The summed E-state index contributed by atoms with van der Waals surface area (Å²) in [5.74, 6) is -1.40. The molecule has 0 aromatic heterocycles. The minimum Gasteiger partial charge on any atom is -0.465 e. The minimum atomic E-state index is -1.17. The maximum absolute atomic E-state index is 11.1. The smallest absolute Gasteiger partial charge is 0.325 e. The van der Waals surface area contributed by atoms with E-state index in [-0.39, 0.29) is 13.2 Å². The van der Waals surface area contributed by atoms with Crippen LogP contribution in [0, 0.1) is 0 Å². The van der Waals surface area contributed by atoms with Crippen LogP contribution in [-0.4, -0.2) is 37.2 Å². The van der Waals surface area contributed by atoms with Crippen molar-refractivity contribution in [3.05, 3.63) is 0 Å². The Bertz CT molecular complexity index is 186. The van der Waals surface area contributed by atoms with E-state index in [1.807, 2.05) is 0 Å². The highest BCUT2D eigenvalue weighted by atomic mass is 16.5. The normalized spacial score (nSPS) is 14.3. The third-order valence-electron chi connectivity index (χ3n) is 1.50. The van der Waals surface area contributed by atoms with Crippen molar-refractivity contribution in [1.29, 1.82) is 0 Å². The maximum Gasteiger partial charge on any atom is 0.325 e. The molecule has 0 unspecified atom stereocenters. The van der Waals surface area contributed by atoms with Crippen molar-refractivity contribution in [3.8, 4) is 0 Å². The molecule has 0 fully saturated rings. The molecule has 0 aromatic rings. The van der Waals surface area contributed by atoms with Crippen LogP contribution >= 0.6 is 0 Å². The summed E-state index contributed by atoms with van der Waals surface area (Å²) >= 11 is 0. The molecular formula is C8H16N2O4. The quantitative estimate of drug-likeness (QED) is 0.543. The van der Waals surface area contributed by atoms with Gasteiger partial charge in [0, 0.05) is 0 Å². The Balaban J connectivity index is 4.16. The molecule has 0 saturated heterocycles. The number of hydrogen-bond acceptors (Lipinski definition) is 6. The third kappa shape index (κ3) is 3.71. The van der Waals surface area contributed by atoms with E-state index in [0.717, 1.165) is 0 Å². The minimum absolute atomic E-state index is 0.197. The largest absolute Gasteiger partial charge is 0.465 e. The number of carbonyl (C=O) groups is 2. The van der Waals surface area contributed by atoms with Gasteiger partial charge < -0.3 is 20.9 Å². The highest BCUT2D eigenvalue weighted by Gasteiger charge is 2.29. The molecule has 2 atom stereocenters. The maximum atomic E-state index is 11.1. The van der Waals surface area contributed by atoms with Crippen molar-refractivity contribution < 1.29 is 19.1 Å². The first-order valence-corrected chi connectivity index (χ1v) is 4.39. The number of rotatable bonds is 5. The van der Waals surface area contributed by atoms with E-state index in [2.05, 4.69) is 9.47 Å². The van der Waals surface area contributed by atoms with Crippen molar-refractivity contribution in [2.45, 2.75) is 25.9 Å². The second kappa shape index (κ2) is 6.33. The monoisotopic (exact) mass is 204 g/mol. The summed E-state index contributed by atoms with van der Waals surface area (Å²) in [6.07, 6.45) is 0. The molecule has 14 heavy (non-hydrogen) atoms. The molecule has 0 saturated carbocycles. The SMILES string of the molecule is CCOC(=O)[C@@H](N)[C@@H](N)C(=O)OCC. The lowest BCUT2D eigenvalue weighted by atomic mass is 10.1. The van der Waals surface area contributed by atoms with Gasteiger partial charge in [0.15, 0.2) is 0 Å². The first-order chi connectivity index (χ1) is 6.54. The summed E-state index contributed by atoms with van der Waals surface area (Å²) in [4.78, 5) is 22.1. The van der Waals surface area contributed by atoms with Crippen molar-refractivity contribution in [2.24, 2.45) is 11.5 Å². The first-order valence-electron chi connectivity index (χ1n) is 4.39. The molecule has 0 bridgehead atoms. The van der Waals surface area contributed by atoms with Gasteiger partial charge in [0.1, 0.15) is 12.1 Å². The van der Waals surface area contributed by atoms with Crippen LogP contribution in [0.3, 0.4) is 0 Å². The molecule has 0 aliphatic heterocycles. The standard InChI is InChI=1S/C8H16N2O4/c1-3-13-7(11)5(9)6(10)8(12)14-4-2/h5-6H,3-4,9-10H2,1-2H3/t5-,6+. The summed E-state index contributed by atoms with van der Waals surface area (Å²) < 4.78 is 9.20. The van der Waals surface area contributed by atoms with Gasteiger partial charge in [0.2, 0.25) is 0 Å². The molecule has 0 heterocycles. The van der Waals surface area contributed by atoms with E-state index >= 15 is 0 Å². The topological polar surface area (TPSA) is 105 Å². The van der Waals surface area contributed by atoms with Crippen LogP contribution in [0.4, 0.5) is 0 Å². The van der Waals surface area contributed by atoms with E-state index in [0.29, 0.717) is 0 Å². The second-order valence-corrected chi connectivity index (χ2v) is 2.56. The van der Waals surface area contributed by atoms with Gasteiger partial charge in [-0.2, -0.15) is 0 Å². The number of esters is 2. The van der Waals surface area contributed by atoms with Crippen molar-refractivity contribution in [2.75, 3.05) is 13.2 Å². The summed E-state index contributed by atoms with van der Waals surface area (Å²) in [6, 6.07) is -2.34. The highest BCUT2D eigenvalue weighted by molar-refractivity contribution is 5.86. The molecule has 0 amide bonds. The van der Waals surface area contributed by atoms with Gasteiger partial charge in [-0.3, -0.25) is 9.59 Å². The fourth-order valence-electron chi connectivity index (χ4n) is 0.770. The van der Waals surface area contributed by atoms with Gasteiger partial charge in [0.05, 0.1) is 13.2 Å². The van der Waals surface area contributed by atoms with E-state index in [1.165, 1.54) is 0 Å². The Hall–Kier alpha value is -1.14. The van der Waals surface area contributed by atoms with Gasteiger partial charge >= 0.3 is 11.9 Å². The van der Waals surface area contributed by atoms with Crippen LogP contribution < -0.4 is 11.5 Å². The van der Waals surface area contributed by atoms with Crippen molar-refractivity contribution >= 4 is 11.9 Å². The Morgan fingerprint density at radius 1 is 1.00 bits per heavy atom. The van der Waals surface area contributed by atoms with Gasteiger partial charge in [-0.15, -0.1) is 0 Å². The zero-order chi connectivity index (χ0) is 11.1. The molecule has 0 aliphatic rings. The molecule has 0 rings (SSSR count). The predicted octanol–water partition coefficient (Wildman–Crippen LogP) is -1.23. The number of ether oxygens (including phenoxy) is 2. The first kappa shape index (κ1) is 12.9. The van der Waals surface area contributed by atoms with Crippen LogP contribution in [0.5, 0.6) is 0 Å². The van der Waals surface area contributed by atoms with Crippen LogP contribution in [0.1, 0.15) is 13.8 Å². The molecule has 0 spiro atoms. The van der Waals surface area contributed by atoms with Crippen LogP contribution in [0.15, 0.2) is 0 Å². The average Bonchev–Trinajstić information content (AvgIpc) is 2.16. The molecule has 0 radical (unpaired) electrons. The van der Waals surface area contributed by atoms with Gasteiger partial charge in [-0.05, 0) is 13.8 Å². The van der Waals surface area contributed by atoms with E-state index < -0.39 is 24.0 Å². The lowest BCUT2D eigenvalue weighted by Crippen LogP contribution is -2.52. The predicted molar refractivity (Wildman–Crippen MR) is 49.2 cm³/mol. The van der Waals surface area contributed by atoms with Gasteiger partial charge in [0.25, 0.3) is 0 Å².